The summed E-state index contributed by atoms with van der Waals surface area (Å²) < 4.78 is 24.2. The second kappa shape index (κ2) is 8.73. The van der Waals surface area contributed by atoms with Gasteiger partial charge in [0.05, 0.1) is 6.20 Å². The monoisotopic (exact) mass is 397 g/mol. The van der Waals surface area contributed by atoms with Crippen LogP contribution in [0.1, 0.15) is 20.1 Å². The van der Waals surface area contributed by atoms with Crippen molar-refractivity contribution in [2.75, 3.05) is 6.61 Å². The first-order chi connectivity index (χ1) is 11.6. The first kappa shape index (κ1) is 22.3. The minimum Gasteiger partial charge on any atom is -0.462 e. The number of ether oxygens (including phenoxy) is 2. The van der Waals surface area contributed by atoms with Crippen molar-refractivity contribution in [1.82, 2.24) is 9.55 Å². The van der Waals surface area contributed by atoms with Gasteiger partial charge in [-0.05, 0) is 5.92 Å². The number of halogens is 2. The van der Waals surface area contributed by atoms with E-state index in [0.717, 1.165) is 0 Å². The van der Waals surface area contributed by atoms with Crippen molar-refractivity contribution in [3.63, 3.8) is 0 Å². The van der Waals surface area contributed by atoms with Gasteiger partial charge in [0.15, 0.2) is 6.23 Å². The molecule has 5 atom stereocenters. The lowest BCUT2D eigenvalue weighted by atomic mass is 10.1. The van der Waals surface area contributed by atoms with Crippen molar-refractivity contribution in [2.45, 2.75) is 44.4 Å². The molecule has 0 amide bonds. The Labute approximate surface area is 153 Å². The number of aromatic amines is 1. The number of nitrogens with zero attached hydrogens (tertiary/aromatic N) is 1. The van der Waals surface area contributed by atoms with Crippen molar-refractivity contribution < 1.29 is 28.9 Å². The van der Waals surface area contributed by atoms with E-state index in [1.54, 1.807) is 18.8 Å². The Morgan fingerprint density at radius 1 is 1.42 bits per heavy atom. The molecule has 2 rings (SSSR count). The van der Waals surface area contributed by atoms with Crippen LogP contribution >= 0.6 is 12.4 Å². The van der Waals surface area contributed by atoms with E-state index >= 15 is 0 Å². The van der Waals surface area contributed by atoms with Gasteiger partial charge in [0.25, 0.3) is 5.56 Å². The van der Waals surface area contributed by atoms with Crippen LogP contribution in [0, 0.1) is 11.7 Å². The Bertz CT molecular complexity index is 753. The molecule has 1 aliphatic rings. The number of H-pyrrole nitrogens is 1. The van der Waals surface area contributed by atoms with E-state index in [1.807, 2.05) is 0 Å². The van der Waals surface area contributed by atoms with E-state index in [4.69, 9.17) is 15.2 Å². The molecule has 1 unspecified atom stereocenters. The molecule has 1 fully saturated rings. The summed E-state index contributed by atoms with van der Waals surface area (Å²) >= 11 is 0. The zero-order valence-corrected chi connectivity index (χ0v) is 14.8. The molecule has 5 N–H and O–H groups in total. The summed E-state index contributed by atoms with van der Waals surface area (Å²) in [4.78, 5) is 36.2. The standard InChI is InChI=1S/C14H20FN3O7.ClH/c1-5(2)8(16)13(22)24-4-7-9(19)10(20)12(25-7)18-3-6(15)11(21)17-14(18)23;/h3,5,7-10,12,19-20H,4,16H2,1-2H3,(H,17,21,23);1H/t7-,8?,9-,10-,12-;/m1./s1. The van der Waals surface area contributed by atoms with Gasteiger partial charge in [0, 0.05) is 0 Å². The second-order valence-corrected chi connectivity index (χ2v) is 6.09. The van der Waals surface area contributed by atoms with E-state index in [2.05, 4.69) is 0 Å². The van der Waals surface area contributed by atoms with Gasteiger partial charge < -0.3 is 25.4 Å². The topological polar surface area (TPSA) is 157 Å². The Kier molecular flexibility index (Phi) is 7.47. The largest absolute Gasteiger partial charge is 0.462 e. The van der Waals surface area contributed by atoms with Gasteiger partial charge >= 0.3 is 11.7 Å². The maximum absolute atomic E-state index is 13.4. The highest BCUT2D eigenvalue weighted by Gasteiger charge is 2.45. The first-order valence-corrected chi connectivity index (χ1v) is 7.58. The van der Waals surface area contributed by atoms with Gasteiger partial charge in [-0.25, -0.2) is 4.79 Å². The maximum Gasteiger partial charge on any atom is 0.330 e. The number of rotatable bonds is 5. The molecular formula is C14H21ClFN3O7. The molecule has 148 valence electrons. The summed E-state index contributed by atoms with van der Waals surface area (Å²) in [6.07, 6.45) is -5.17. The predicted octanol–water partition coefficient (Wildman–Crippen LogP) is -1.76. The average Bonchev–Trinajstić information content (AvgIpc) is 2.83. The lowest BCUT2D eigenvalue weighted by Gasteiger charge is -2.18. The van der Waals surface area contributed by atoms with Crippen molar-refractivity contribution in [2.24, 2.45) is 11.7 Å². The second-order valence-electron chi connectivity index (χ2n) is 6.09. The van der Waals surface area contributed by atoms with Crippen LogP contribution in [-0.2, 0) is 14.3 Å². The van der Waals surface area contributed by atoms with E-state index < -0.39 is 60.2 Å². The van der Waals surface area contributed by atoms with E-state index in [-0.39, 0.29) is 18.3 Å². The van der Waals surface area contributed by atoms with Crippen molar-refractivity contribution in [1.29, 1.82) is 0 Å². The Hall–Kier alpha value is -1.79. The molecule has 0 radical (unpaired) electrons. The van der Waals surface area contributed by atoms with E-state index in [1.165, 1.54) is 0 Å². The molecule has 0 bridgehead atoms. The van der Waals surface area contributed by atoms with Crippen LogP contribution in [-0.4, -0.2) is 56.7 Å². The lowest BCUT2D eigenvalue weighted by molar-refractivity contribution is -0.152. The smallest absolute Gasteiger partial charge is 0.330 e. The van der Waals surface area contributed by atoms with Crippen LogP contribution < -0.4 is 17.0 Å². The number of hydrogen-bond acceptors (Lipinski definition) is 8. The van der Waals surface area contributed by atoms with Crippen molar-refractivity contribution in [3.8, 4) is 0 Å². The van der Waals surface area contributed by atoms with Crippen molar-refractivity contribution >= 4 is 18.4 Å². The molecule has 0 aliphatic carbocycles. The van der Waals surface area contributed by atoms with Gasteiger partial charge in [0.1, 0.15) is 31.0 Å². The van der Waals surface area contributed by atoms with Crippen LogP contribution in [0.4, 0.5) is 4.39 Å². The Balaban J connectivity index is 0.00000338. The van der Waals surface area contributed by atoms with Gasteiger partial charge in [0.2, 0.25) is 5.82 Å². The van der Waals surface area contributed by atoms with Gasteiger partial charge in [-0.1, -0.05) is 13.8 Å². The third-order valence-corrected chi connectivity index (χ3v) is 3.92. The number of hydrogen-bond donors (Lipinski definition) is 4. The predicted molar refractivity (Wildman–Crippen MR) is 88.2 cm³/mol. The number of aromatic nitrogens is 2. The summed E-state index contributed by atoms with van der Waals surface area (Å²) in [6, 6.07) is -0.866. The third kappa shape index (κ3) is 4.48. The number of aliphatic hydroxyl groups excluding tert-OH is 2. The summed E-state index contributed by atoms with van der Waals surface area (Å²) in [6.45, 7) is 3.03. The third-order valence-electron chi connectivity index (χ3n) is 3.92. The molecular weight excluding hydrogens is 377 g/mol. The zero-order chi connectivity index (χ0) is 18.9. The molecule has 26 heavy (non-hydrogen) atoms. The SMILES string of the molecule is CC(C)C(N)C(=O)OC[C@H]1O[C@@H](n2cc(F)c(=O)[nH]c2=O)[C@H](O)[C@@H]1O.Cl. The molecule has 1 aromatic rings. The number of nitrogens with two attached hydrogens (primary N) is 1. The number of carbonyl (C=O) groups excluding carboxylic acids is 1. The summed E-state index contributed by atoms with van der Waals surface area (Å²) in [7, 11) is 0. The van der Waals surface area contributed by atoms with Gasteiger partial charge in [-0.2, -0.15) is 4.39 Å². The summed E-state index contributed by atoms with van der Waals surface area (Å²) in [5, 5.41) is 20.0. The molecule has 1 aromatic heterocycles. The summed E-state index contributed by atoms with van der Waals surface area (Å²) in [5.41, 5.74) is 3.38. The first-order valence-electron chi connectivity index (χ1n) is 7.58. The number of aliphatic hydroxyl groups is 2. The molecule has 1 aliphatic heterocycles. The van der Waals surface area contributed by atoms with Crippen LogP contribution in [0.3, 0.4) is 0 Å². The molecule has 0 aromatic carbocycles. The highest BCUT2D eigenvalue weighted by atomic mass is 35.5. The molecule has 12 heteroatoms. The van der Waals surface area contributed by atoms with Crippen LogP contribution in [0.5, 0.6) is 0 Å². The Morgan fingerprint density at radius 2 is 2.04 bits per heavy atom. The lowest BCUT2D eigenvalue weighted by Crippen LogP contribution is -2.40. The quantitative estimate of drug-likeness (QED) is 0.426. The average molecular weight is 398 g/mol. The minimum atomic E-state index is -1.61. The van der Waals surface area contributed by atoms with Gasteiger partial charge in [-0.3, -0.25) is 19.1 Å². The highest BCUT2D eigenvalue weighted by Crippen LogP contribution is 2.28. The van der Waals surface area contributed by atoms with Crippen molar-refractivity contribution in [3.05, 3.63) is 32.9 Å². The fraction of sp³-hybridized carbons (Fsp3) is 0.643. The number of carbonyl (C=O) groups is 1. The van der Waals surface area contributed by atoms with Crippen LogP contribution in [0.25, 0.3) is 0 Å². The fourth-order valence-electron chi connectivity index (χ4n) is 2.28. The Morgan fingerprint density at radius 3 is 2.62 bits per heavy atom. The normalized spacial score (nSPS) is 26.4. The number of nitrogens with one attached hydrogen (secondary N) is 1. The van der Waals surface area contributed by atoms with Crippen LogP contribution in [0.15, 0.2) is 15.8 Å². The zero-order valence-electron chi connectivity index (χ0n) is 14.0. The summed E-state index contributed by atoms with van der Waals surface area (Å²) in [5.74, 6) is -2.14. The molecule has 1 saturated heterocycles. The molecule has 0 spiro atoms. The fourth-order valence-corrected chi connectivity index (χ4v) is 2.28. The molecule has 2 heterocycles. The van der Waals surface area contributed by atoms with Gasteiger partial charge in [-0.15, -0.1) is 12.4 Å². The van der Waals surface area contributed by atoms with E-state index in [0.29, 0.717) is 10.8 Å². The number of esters is 1. The minimum absolute atomic E-state index is 0. The highest BCUT2D eigenvalue weighted by molar-refractivity contribution is 5.85. The molecule has 10 nitrogen and oxygen atoms in total. The van der Waals surface area contributed by atoms with E-state index in [9.17, 15) is 29.0 Å². The maximum atomic E-state index is 13.4. The van der Waals surface area contributed by atoms with Crippen LogP contribution in [0.2, 0.25) is 0 Å². The molecule has 0 saturated carbocycles.